The van der Waals surface area contributed by atoms with Crippen LogP contribution in [0, 0.1) is 5.82 Å². The Morgan fingerprint density at radius 3 is 2.62 bits per heavy atom. The maximum Gasteiger partial charge on any atom is 0.165 e. The molecule has 13 heavy (non-hydrogen) atoms. The normalized spacial score (nSPS) is 16.8. The summed E-state index contributed by atoms with van der Waals surface area (Å²) >= 11 is 0. The molecule has 0 amide bonds. The van der Waals surface area contributed by atoms with E-state index in [-0.39, 0.29) is 23.5 Å². The van der Waals surface area contributed by atoms with Gasteiger partial charge in [-0.05, 0) is 12.1 Å². The van der Waals surface area contributed by atoms with Gasteiger partial charge in [0.25, 0.3) is 0 Å². The first-order valence-corrected chi connectivity index (χ1v) is 4.18. The number of para-hydroxylation sites is 1. The van der Waals surface area contributed by atoms with Gasteiger partial charge in [0, 0.05) is 12.8 Å². The molecule has 0 unspecified atom stereocenters. The summed E-state index contributed by atoms with van der Waals surface area (Å²) in [5.41, 5.74) is 0. The monoisotopic (exact) mass is 180 g/mol. The molecule has 0 spiro atoms. The molecule has 1 aliphatic carbocycles. The molecule has 0 saturated heterocycles. The summed E-state index contributed by atoms with van der Waals surface area (Å²) in [5, 5.41) is 0. The molecule has 1 fully saturated rings. The van der Waals surface area contributed by atoms with Crippen LogP contribution < -0.4 is 4.74 Å². The van der Waals surface area contributed by atoms with Gasteiger partial charge in [-0.1, -0.05) is 12.1 Å². The maximum absolute atomic E-state index is 13.0. The van der Waals surface area contributed by atoms with E-state index in [1.807, 2.05) is 0 Å². The number of halogens is 1. The Labute approximate surface area is 75.3 Å². The number of carbonyl (C=O) groups is 1. The highest BCUT2D eigenvalue weighted by atomic mass is 19.1. The summed E-state index contributed by atoms with van der Waals surface area (Å²) in [6.07, 6.45) is 0.701. The number of Topliss-reactive ketones (excluding diaryl/α,β-unsaturated/α-hetero) is 1. The molecule has 2 rings (SSSR count). The second-order valence-corrected chi connectivity index (χ2v) is 3.12. The minimum atomic E-state index is -0.373. The van der Waals surface area contributed by atoms with Crippen LogP contribution in [0.5, 0.6) is 5.75 Å². The first kappa shape index (κ1) is 8.23. The standard InChI is InChI=1S/C10H9FO2/c11-9-3-1-2-4-10(9)13-8-5-7(12)6-8/h1-4,8H,5-6H2. The van der Waals surface area contributed by atoms with Crippen LogP contribution in [0.1, 0.15) is 12.8 Å². The zero-order valence-corrected chi connectivity index (χ0v) is 7.00. The lowest BCUT2D eigenvalue weighted by molar-refractivity contribution is -0.129. The first-order valence-electron chi connectivity index (χ1n) is 4.18. The smallest absolute Gasteiger partial charge is 0.165 e. The molecule has 0 N–H and O–H groups in total. The zero-order valence-electron chi connectivity index (χ0n) is 7.00. The van der Waals surface area contributed by atoms with E-state index in [4.69, 9.17) is 4.74 Å². The summed E-state index contributed by atoms with van der Waals surface area (Å²) in [6.45, 7) is 0. The third kappa shape index (κ3) is 1.69. The van der Waals surface area contributed by atoms with Crippen molar-refractivity contribution in [3.8, 4) is 5.75 Å². The fraction of sp³-hybridized carbons (Fsp3) is 0.300. The quantitative estimate of drug-likeness (QED) is 0.695. The van der Waals surface area contributed by atoms with Crippen molar-refractivity contribution in [3.05, 3.63) is 30.1 Å². The van der Waals surface area contributed by atoms with E-state index in [0.29, 0.717) is 12.8 Å². The Balaban J connectivity index is 2.02. The molecule has 68 valence electrons. The summed E-state index contributed by atoms with van der Waals surface area (Å²) in [6, 6.07) is 6.22. The molecule has 1 aromatic carbocycles. The summed E-state index contributed by atoms with van der Waals surface area (Å²) in [4.78, 5) is 10.6. The molecule has 0 aliphatic heterocycles. The topological polar surface area (TPSA) is 26.3 Å². The number of hydrogen-bond acceptors (Lipinski definition) is 2. The third-order valence-electron chi connectivity index (χ3n) is 2.04. The molecule has 0 radical (unpaired) electrons. The van der Waals surface area contributed by atoms with Crippen molar-refractivity contribution in [1.82, 2.24) is 0 Å². The second-order valence-electron chi connectivity index (χ2n) is 3.12. The number of ether oxygens (including phenoxy) is 1. The number of rotatable bonds is 2. The zero-order chi connectivity index (χ0) is 9.26. The van der Waals surface area contributed by atoms with Crippen LogP contribution in [-0.2, 0) is 4.79 Å². The van der Waals surface area contributed by atoms with Gasteiger partial charge in [0.2, 0.25) is 0 Å². The number of ketones is 1. The lowest BCUT2D eigenvalue weighted by atomic mass is 9.94. The van der Waals surface area contributed by atoms with Crippen LogP contribution >= 0.6 is 0 Å². The molecule has 1 aromatic rings. The summed E-state index contributed by atoms with van der Waals surface area (Å²) in [7, 11) is 0. The lowest BCUT2D eigenvalue weighted by Gasteiger charge is -2.25. The van der Waals surface area contributed by atoms with Crippen LogP contribution in [0.2, 0.25) is 0 Å². The predicted octanol–water partition coefficient (Wildman–Crippen LogP) is 1.94. The average molecular weight is 180 g/mol. The summed E-state index contributed by atoms with van der Waals surface area (Å²) in [5.74, 6) is 0.0446. The number of benzene rings is 1. The van der Waals surface area contributed by atoms with Crippen molar-refractivity contribution in [2.24, 2.45) is 0 Å². The predicted molar refractivity (Wildman–Crippen MR) is 45.1 cm³/mol. The van der Waals surface area contributed by atoms with Crippen LogP contribution in [-0.4, -0.2) is 11.9 Å². The van der Waals surface area contributed by atoms with Gasteiger partial charge in [-0.2, -0.15) is 0 Å². The Morgan fingerprint density at radius 2 is 2.00 bits per heavy atom. The molecule has 0 heterocycles. The third-order valence-corrected chi connectivity index (χ3v) is 2.04. The highest BCUT2D eigenvalue weighted by Gasteiger charge is 2.28. The van der Waals surface area contributed by atoms with Gasteiger partial charge < -0.3 is 4.74 Å². The van der Waals surface area contributed by atoms with Crippen molar-refractivity contribution in [1.29, 1.82) is 0 Å². The summed E-state index contributed by atoms with van der Waals surface area (Å²) < 4.78 is 18.3. The van der Waals surface area contributed by atoms with Crippen molar-refractivity contribution in [2.75, 3.05) is 0 Å². The Kier molecular flexibility index (Phi) is 2.00. The Hall–Kier alpha value is -1.38. The van der Waals surface area contributed by atoms with Gasteiger partial charge >= 0.3 is 0 Å². The molecule has 3 heteroatoms. The first-order chi connectivity index (χ1) is 6.25. The molecular formula is C10H9FO2. The fourth-order valence-electron chi connectivity index (χ4n) is 1.25. The van der Waals surface area contributed by atoms with Crippen LogP contribution in [0.4, 0.5) is 4.39 Å². The number of hydrogen-bond donors (Lipinski definition) is 0. The van der Waals surface area contributed by atoms with Gasteiger partial charge in [-0.15, -0.1) is 0 Å². The van der Waals surface area contributed by atoms with E-state index in [0.717, 1.165) is 0 Å². The molecule has 0 atom stereocenters. The van der Waals surface area contributed by atoms with E-state index in [1.165, 1.54) is 6.07 Å². The lowest BCUT2D eigenvalue weighted by Crippen LogP contribution is -2.33. The number of carbonyl (C=O) groups excluding carboxylic acids is 1. The molecule has 0 bridgehead atoms. The molecule has 2 nitrogen and oxygen atoms in total. The second kappa shape index (κ2) is 3.17. The van der Waals surface area contributed by atoms with Crippen molar-refractivity contribution in [3.63, 3.8) is 0 Å². The molecule has 0 aromatic heterocycles. The average Bonchev–Trinajstić information content (AvgIpc) is 2.06. The van der Waals surface area contributed by atoms with Gasteiger partial charge in [-0.3, -0.25) is 4.79 Å². The molecular weight excluding hydrogens is 171 g/mol. The highest BCUT2D eigenvalue weighted by Crippen LogP contribution is 2.24. The Bertz CT molecular complexity index is 327. The Morgan fingerprint density at radius 1 is 1.31 bits per heavy atom. The van der Waals surface area contributed by atoms with Crippen molar-refractivity contribution < 1.29 is 13.9 Å². The molecule has 1 saturated carbocycles. The molecule has 1 aliphatic rings. The minimum absolute atomic E-state index is 0.121. The van der Waals surface area contributed by atoms with Crippen LogP contribution in [0.25, 0.3) is 0 Å². The maximum atomic E-state index is 13.0. The fourth-order valence-corrected chi connectivity index (χ4v) is 1.25. The van der Waals surface area contributed by atoms with E-state index in [2.05, 4.69) is 0 Å². The van der Waals surface area contributed by atoms with E-state index in [1.54, 1.807) is 18.2 Å². The van der Waals surface area contributed by atoms with Crippen molar-refractivity contribution in [2.45, 2.75) is 18.9 Å². The van der Waals surface area contributed by atoms with Gasteiger partial charge in [0.05, 0.1) is 0 Å². The van der Waals surface area contributed by atoms with Crippen LogP contribution in [0.15, 0.2) is 24.3 Å². The van der Waals surface area contributed by atoms with Gasteiger partial charge in [-0.25, -0.2) is 4.39 Å². The van der Waals surface area contributed by atoms with E-state index >= 15 is 0 Å². The van der Waals surface area contributed by atoms with Crippen molar-refractivity contribution >= 4 is 5.78 Å². The van der Waals surface area contributed by atoms with Gasteiger partial charge in [0.1, 0.15) is 11.9 Å². The largest absolute Gasteiger partial charge is 0.486 e. The highest BCUT2D eigenvalue weighted by molar-refractivity contribution is 5.85. The van der Waals surface area contributed by atoms with E-state index in [9.17, 15) is 9.18 Å². The van der Waals surface area contributed by atoms with Gasteiger partial charge in [0.15, 0.2) is 11.6 Å². The van der Waals surface area contributed by atoms with Crippen LogP contribution in [0.3, 0.4) is 0 Å². The SMILES string of the molecule is O=C1CC(Oc2ccccc2F)C1. The minimum Gasteiger partial charge on any atom is -0.486 e. The van der Waals surface area contributed by atoms with E-state index < -0.39 is 0 Å².